The van der Waals surface area contributed by atoms with Crippen LogP contribution in [0.4, 0.5) is 65.9 Å². The molecule has 2 saturated carbocycles. The van der Waals surface area contributed by atoms with Gasteiger partial charge in [-0.1, -0.05) is 101 Å². The van der Waals surface area contributed by atoms with E-state index in [0.717, 1.165) is 62.4 Å². The summed E-state index contributed by atoms with van der Waals surface area (Å²) in [5, 5.41) is 0. The molecule has 35 nitrogen and oxygen atoms in total. The van der Waals surface area contributed by atoms with E-state index in [9.17, 15) is 179 Å². The van der Waals surface area contributed by atoms with Gasteiger partial charge < -0.3 is 70.1 Å². The number of carbonyl (C=O) groups excluding carboxylic acids is 10. The van der Waals surface area contributed by atoms with E-state index in [0.29, 0.717) is 53.5 Å². The molecule has 5 unspecified atom stereocenters. The Morgan fingerprint density at radius 2 is 0.533 bits per heavy atom. The van der Waals surface area contributed by atoms with Crippen LogP contribution in [0.1, 0.15) is 175 Å². The maximum Gasteiger partial charge on any atom is 0.426 e. The Hall–Kier alpha value is -11.5. The second kappa shape index (κ2) is 49.7. The van der Waals surface area contributed by atoms with E-state index in [-0.39, 0.29) is 52.6 Å². The number of carbonyl (C=O) groups is 10. The minimum absolute atomic E-state index is 0.0535. The van der Waals surface area contributed by atoms with Crippen LogP contribution in [0.25, 0.3) is 0 Å². The van der Waals surface area contributed by atoms with Crippen molar-refractivity contribution in [2.24, 2.45) is 17.8 Å². The summed E-state index contributed by atoms with van der Waals surface area (Å²) in [7, 11) is -26.6. The molecule has 0 spiro atoms. The molecule has 2 aliphatic carbocycles. The van der Waals surface area contributed by atoms with Crippen LogP contribution in [0, 0.1) is 52.4 Å². The van der Waals surface area contributed by atoms with E-state index in [4.69, 9.17) is 23.7 Å². The molecular formula is C82H82F15O35S5-5. The number of alkyl halides is 15. The van der Waals surface area contributed by atoms with Gasteiger partial charge in [0.2, 0.25) is 30.5 Å². The van der Waals surface area contributed by atoms with Crippen molar-refractivity contribution in [2.45, 2.75) is 181 Å². The normalized spacial score (nSPS) is 14.6. The fraction of sp³-hybridized carbons (Fsp3) is 0.439. The Balaban J connectivity index is 0.000000358. The minimum atomic E-state index is -5.34. The number of benzene rings is 6. The first-order chi connectivity index (χ1) is 62.6. The second-order valence-corrected chi connectivity index (χ2v) is 37.4. The van der Waals surface area contributed by atoms with Gasteiger partial charge in [-0.25, -0.2) is 70.9 Å². The Kier molecular flexibility index (Phi) is 42.7. The topological polar surface area (TPSA) is 549 Å². The zero-order valence-corrected chi connectivity index (χ0v) is 76.4. The van der Waals surface area contributed by atoms with Crippen LogP contribution in [0.5, 0.6) is 28.7 Å². The fourth-order valence-electron chi connectivity index (χ4n) is 11.3. The summed E-state index contributed by atoms with van der Waals surface area (Å²) in [6, 6.07) is 26.1. The number of hydrogen-bond acceptors (Lipinski definition) is 35. The third kappa shape index (κ3) is 42.6. The average Bonchev–Trinajstić information content (AvgIpc) is 1.45. The summed E-state index contributed by atoms with van der Waals surface area (Å²) in [4.78, 5) is 121. The van der Waals surface area contributed by atoms with Crippen LogP contribution in [-0.2, 0) is 93.5 Å². The van der Waals surface area contributed by atoms with Gasteiger partial charge in [-0.2, -0.15) is 65.9 Å². The lowest BCUT2D eigenvalue weighted by atomic mass is 9.89. The highest BCUT2D eigenvalue weighted by Gasteiger charge is 2.50. The number of aryl methyl sites for hydroxylation is 5. The summed E-state index contributed by atoms with van der Waals surface area (Å²) in [6.45, 7) is 12.5. The Morgan fingerprint density at radius 3 is 0.752 bits per heavy atom. The number of rotatable bonds is 30. The Morgan fingerprint density at radius 1 is 0.314 bits per heavy atom. The summed E-state index contributed by atoms with van der Waals surface area (Å²) in [5.41, 5.74) is 0.359. The maximum atomic E-state index is 13.0. The second-order valence-electron chi connectivity index (χ2n) is 30.1. The molecule has 0 saturated heterocycles. The number of halogens is 15. The molecule has 137 heavy (non-hydrogen) atoms. The van der Waals surface area contributed by atoms with Crippen molar-refractivity contribution >= 4 is 110 Å². The molecule has 0 bridgehead atoms. The van der Waals surface area contributed by atoms with Crippen LogP contribution in [0.15, 0.2) is 121 Å². The standard InChI is InChI=1S/C18H21F3O7S.C18H15F3O7S.C17H19F3O7S.C15H17F3O7S.C14H15F3O7S/c2*1-11-7-8-13(14(9-11)27-16(22)12-5-3-2-4-6-12)17(23)28-15(18(19,20)21)10-29(24,25)26;1-10-6-7-12(13(8-10)26-15(21)11-4-2-3-5-11)16(22)27-14(17(18,19)20)9-28(23,24)25;1-8(2)13(19)24-11-6-9(3)4-5-10(11)14(20)25-12(15(16,17)18)7-26(21,22)23;1-3-12(18)23-10-6-8(2)4-5-9(10)13(19)24-11(14(15,16)17)7-25(20,21)22/h7-9,12,15H,2-6,10H2,1H3,(H,24,25,26);2-9,15H,10H2,1H3,(H,24,25,26);6-8,11,14H,2-5,9H2,1H3,(H,23,24,25);4-6,8,12H,7H2,1-3H3,(H,21,22,23);4-6,11H,3,7H2,1-2H3,(H,20,21,22)/p-5. The lowest BCUT2D eigenvalue weighted by molar-refractivity contribution is -0.197. The van der Waals surface area contributed by atoms with E-state index < -0.39 is 234 Å². The molecule has 2 aliphatic rings. The van der Waals surface area contributed by atoms with E-state index in [1.165, 1.54) is 93.6 Å². The zero-order valence-electron chi connectivity index (χ0n) is 72.3. The van der Waals surface area contributed by atoms with Crippen LogP contribution in [0.2, 0.25) is 0 Å². The van der Waals surface area contributed by atoms with Gasteiger partial charge in [0.05, 0.1) is 103 Å². The first-order valence-electron chi connectivity index (χ1n) is 39.4. The van der Waals surface area contributed by atoms with E-state index in [1.54, 1.807) is 52.8 Å². The molecule has 760 valence electrons. The number of hydrogen-bond donors (Lipinski definition) is 0. The molecule has 0 N–H and O–H groups in total. The van der Waals surface area contributed by atoms with Crippen molar-refractivity contribution in [1.82, 2.24) is 0 Å². The highest BCUT2D eigenvalue weighted by molar-refractivity contribution is 7.86. The van der Waals surface area contributed by atoms with Gasteiger partial charge in [0.1, 0.15) is 56.6 Å². The van der Waals surface area contributed by atoms with Gasteiger partial charge in [-0.3, -0.25) is 19.2 Å². The van der Waals surface area contributed by atoms with Crippen molar-refractivity contribution in [3.8, 4) is 28.7 Å². The van der Waals surface area contributed by atoms with Crippen molar-refractivity contribution < 1.29 is 226 Å². The molecule has 8 rings (SSSR count). The van der Waals surface area contributed by atoms with Crippen molar-refractivity contribution in [1.29, 1.82) is 0 Å². The first kappa shape index (κ1) is 118. The molecule has 0 aliphatic heterocycles. The van der Waals surface area contributed by atoms with Crippen molar-refractivity contribution in [2.75, 3.05) is 28.8 Å². The quantitative estimate of drug-likeness (QED) is 0.0133. The lowest BCUT2D eigenvalue weighted by Crippen LogP contribution is -2.39. The molecule has 55 heteroatoms. The Labute approximate surface area is 771 Å². The van der Waals surface area contributed by atoms with Gasteiger partial charge in [-0.15, -0.1) is 0 Å². The van der Waals surface area contributed by atoms with Gasteiger partial charge >= 0.3 is 90.6 Å². The fourth-order valence-corrected chi connectivity index (χ4v) is 14.5. The van der Waals surface area contributed by atoms with Crippen LogP contribution in [-0.4, -0.2) is 215 Å². The summed E-state index contributed by atoms with van der Waals surface area (Å²) in [6.07, 6.45) is -35.3. The number of ether oxygens (including phenoxy) is 10. The smallest absolute Gasteiger partial charge is 0.426 e. The summed E-state index contributed by atoms with van der Waals surface area (Å²) in [5.74, 6) is -24.2. The van der Waals surface area contributed by atoms with Crippen LogP contribution < -0.4 is 23.7 Å². The Bertz CT molecular complexity index is 5900. The molecule has 2 fully saturated rings. The molecule has 6 aromatic rings. The van der Waals surface area contributed by atoms with Gasteiger partial charge in [0.15, 0.2) is 0 Å². The lowest BCUT2D eigenvalue weighted by Gasteiger charge is -2.23. The van der Waals surface area contributed by atoms with Gasteiger partial charge in [-0.05, 0) is 161 Å². The third-order valence-corrected chi connectivity index (χ3v) is 21.6. The monoisotopic (exact) mass is 2070 g/mol. The molecule has 6 aromatic carbocycles. The summed E-state index contributed by atoms with van der Waals surface area (Å²) < 4.78 is 400. The molecule has 5 atom stereocenters. The largest absolute Gasteiger partial charge is 0.748 e. The van der Waals surface area contributed by atoms with E-state index in [1.807, 2.05) is 0 Å². The van der Waals surface area contributed by atoms with Crippen LogP contribution >= 0.6 is 0 Å². The highest BCUT2D eigenvalue weighted by atomic mass is 32.2. The molecule has 0 amide bonds. The molecule has 0 heterocycles. The zero-order chi connectivity index (χ0) is 104. The highest BCUT2D eigenvalue weighted by Crippen LogP contribution is 2.37. The predicted octanol–water partition coefficient (Wildman–Crippen LogP) is 12.8. The van der Waals surface area contributed by atoms with Gasteiger partial charge in [0, 0.05) is 6.42 Å². The maximum absolute atomic E-state index is 13.0. The van der Waals surface area contributed by atoms with E-state index in [2.05, 4.69) is 23.7 Å². The third-order valence-electron chi connectivity index (χ3n) is 18.1. The minimum Gasteiger partial charge on any atom is -0.748 e. The SMILES string of the molecule is CCC(=O)Oc1cc(C)ccc1C(=O)OC(CS(=O)(=O)[O-])C(F)(F)F.Cc1ccc(C(=O)OC(CS(=O)(=O)[O-])C(F)(F)F)c(OC(=O)C(C)C)c1.Cc1ccc(C(=O)OC(CS(=O)(=O)[O-])C(F)(F)F)c(OC(=O)C2CCCC2)c1.Cc1ccc(C(=O)OC(CS(=O)(=O)[O-])C(F)(F)F)c(OC(=O)C2CCCCC2)c1.Cc1ccc(C(=O)OC(CS(=O)(=O)[O-])C(F)(F)F)c(OC(=O)c2ccccc2)c1. The van der Waals surface area contributed by atoms with Crippen molar-refractivity contribution in [3.63, 3.8) is 0 Å². The molecule has 0 radical (unpaired) electrons. The van der Waals surface area contributed by atoms with Gasteiger partial charge in [0.25, 0.3) is 0 Å². The number of esters is 10. The predicted molar refractivity (Wildman–Crippen MR) is 433 cm³/mol. The van der Waals surface area contributed by atoms with Crippen molar-refractivity contribution in [3.05, 3.63) is 183 Å². The van der Waals surface area contributed by atoms with Crippen LogP contribution in [0.3, 0.4) is 0 Å². The average molecular weight is 2070 g/mol. The molecular weight excluding hydrogens is 1990 g/mol. The summed E-state index contributed by atoms with van der Waals surface area (Å²) >= 11 is 0. The first-order valence-corrected chi connectivity index (χ1v) is 47.2. The molecule has 0 aromatic heterocycles. The van der Waals surface area contributed by atoms with E-state index >= 15 is 0 Å².